The Kier molecular flexibility index (Phi) is 5.47. The van der Waals surface area contributed by atoms with Crippen LogP contribution >= 0.6 is 24.0 Å². The van der Waals surface area contributed by atoms with Gasteiger partial charge in [-0.15, -0.1) is 0 Å². The van der Waals surface area contributed by atoms with E-state index < -0.39 is 0 Å². The van der Waals surface area contributed by atoms with Crippen molar-refractivity contribution in [3.05, 3.63) is 35.7 Å². The van der Waals surface area contributed by atoms with Crippen molar-refractivity contribution in [3.63, 3.8) is 0 Å². The van der Waals surface area contributed by atoms with Gasteiger partial charge in [0.05, 0.1) is 5.75 Å². The topological polar surface area (TPSA) is 80.0 Å². The maximum absolute atomic E-state index is 5.82. The maximum Gasteiger partial charge on any atom is 0.232 e. The van der Waals surface area contributed by atoms with Crippen molar-refractivity contribution in [2.75, 3.05) is 24.1 Å². The van der Waals surface area contributed by atoms with Gasteiger partial charge in [0.25, 0.3) is 0 Å². The Morgan fingerprint density at radius 1 is 1.25 bits per heavy atom. The summed E-state index contributed by atoms with van der Waals surface area (Å²) in [6, 6.07) is 7.96. The van der Waals surface area contributed by atoms with Crippen LogP contribution in [0.15, 0.2) is 24.3 Å². The van der Waals surface area contributed by atoms with Gasteiger partial charge in [0.1, 0.15) is 10.1 Å². The molecule has 0 unspecified atom stereocenters. The molecule has 3 rings (SSSR count). The van der Waals surface area contributed by atoms with Crippen LogP contribution < -0.4 is 11.1 Å². The van der Waals surface area contributed by atoms with Gasteiger partial charge in [0.2, 0.25) is 11.9 Å². The smallest absolute Gasteiger partial charge is 0.232 e. The average Bonchev–Trinajstić information content (AvgIpc) is 3.09. The van der Waals surface area contributed by atoms with Crippen LogP contribution in [-0.4, -0.2) is 37.3 Å². The lowest BCUT2D eigenvalue weighted by Crippen LogP contribution is -2.23. The molecule has 126 valence electrons. The number of hydrogen-bond donors (Lipinski definition) is 2. The lowest BCUT2D eigenvalue weighted by Gasteiger charge is -2.17. The third kappa shape index (κ3) is 4.33. The van der Waals surface area contributed by atoms with Gasteiger partial charge in [-0.3, -0.25) is 0 Å². The standard InChI is InChI=1S/C16H20N6S2/c1-11-6-2-3-7-12(11)18-15-20-13(19-14(17)21-15)10-24-16(23)22-8-4-5-9-22/h2-3,6-7H,4-5,8-10H2,1H3,(H3,17,18,19,20,21). The number of hydrogen-bond acceptors (Lipinski definition) is 7. The fourth-order valence-corrected chi connectivity index (χ4v) is 3.62. The molecule has 3 N–H and O–H groups in total. The van der Waals surface area contributed by atoms with E-state index >= 15 is 0 Å². The number of nitrogens with one attached hydrogen (secondary N) is 1. The summed E-state index contributed by atoms with van der Waals surface area (Å²) < 4.78 is 0.903. The molecule has 2 aromatic rings. The molecule has 1 aromatic carbocycles. The van der Waals surface area contributed by atoms with Crippen LogP contribution in [0.25, 0.3) is 0 Å². The Morgan fingerprint density at radius 3 is 2.75 bits per heavy atom. The van der Waals surface area contributed by atoms with Gasteiger partial charge in [-0.25, -0.2) is 0 Å². The molecular formula is C16H20N6S2. The number of rotatable bonds is 4. The molecule has 0 amide bonds. The van der Waals surface area contributed by atoms with Gasteiger partial charge >= 0.3 is 0 Å². The number of nitrogens with zero attached hydrogens (tertiary/aromatic N) is 4. The normalized spacial score (nSPS) is 14.0. The van der Waals surface area contributed by atoms with E-state index in [0.717, 1.165) is 28.7 Å². The molecule has 0 aliphatic carbocycles. The van der Waals surface area contributed by atoms with E-state index in [1.54, 1.807) is 11.8 Å². The monoisotopic (exact) mass is 360 g/mol. The first-order valence-electron chi connectivity index (χ1n) is 7.86. The van der Waals surface area contributed by atoms with Crippen LogP contribution in [-0.2, 0) is 5.75 Å². The fraction of sp³-hybridized carbons (Fsp3) is 0.375. The number of thiocarbonyl (C=S) groups is 1. The molecule has 0 spiro atoms. The van der Waals surface area contributed by atoms with Crippen LogP contribution in [0.4, 0.5) is 17.6 Å². The highest BCUT2D eigenvalue weighted by molar-refractivity contribution is 8.22. The number of para-hydroxylation sites is 1. The summed E-state index contributed by atoms with van der Waals surface area (Å²) in [5.74, 6) is 1.89. The Morgan fingerprint density at radius 2 is 2.00 bits per heavy atom. The highest BCUT2D eigenvalue weighted by Gasteiger charge is 2.16. The van der Waals surface area contributed by atoms with Crippen molar-refractivity contribution < 1.29 is 0 Å². The second-order valence-corrected chi connectivity index (χ2v) is 7.23. The zero-order chi connectivity index (χ0) is 16.9. The SMILES string of the molecule is Cc1ccccc1Nc1nc(N)nc(CSC(=S)N2CCCC2)n1. The van der Waals surface area contributed by atoms with Gasteiger partial charge in [0.15, 0.2) is 0 Å². The minimum absolute atomic E-state index is 0.212. The lowest BCUT2D eigenvalue weighted by atomic mass is 10.2. The number of anilines is 3. The van der Waals surface area contributed by atoms with Crippen LogP contribution in [0, 0.1) is 6.92 Å². The van der Waals surface area contributed by atoms with Crippen molar-refractivity contribution in [2.24, 2.45) is 0 Å². The Labute approximate surface area is 151 Å². The first kappa shape index (κ1) is 16.9. The molecule has 1 fully saturated rings. The first-order chi connectivity index (χ1) is 11.6. The Bertz CT molecular complexity index is 730. The predicted octanol–water partition coefficient (Wildman–Crippen LogP) is 3.12. The molecule has 1 aliphatic heterocycles. The number of aryl methyl sites for hydroxylation is 1. The number of nitrogens with two attached hydrogens (primary N) is 1. The minimum atomic E-state index is 0.212. The summed E-state index contributed by atoms with van der Waals surface area (Å²) in [6.07, 6.45) is 2.42. The third-order valence-electron chi connectivity index (χ3n) is 3.78. The summed E-state index contributed by atoms with van der Waals surface area (Å²) in [5, 5.41) is 3.20. The van der Waals surface area contributed by atoms with Crippen molar-refractivity contribution in [2.45, 2.75) is 25.5 Å². The van der Waals surface area contributed by atoms with Crippen LogP contribution in [0.1, 0.15) is 24.2 Å². The molecule has 1 saturated heterocycles. The molecule has 1 aromatic heterocycles. The largest absolute Gasteiger partial charge is 0.368 e. The quantitative estimate of drug-likeness (QED) is 0.805. The summed E-state index contributed by atoms with van der Waals surface area (Å²) >= 11 is 7.05. The zero-order valence-electron chi connectivity index (χ0n) is 13.5. The maximum atomic E-state index is 5.82. The molecule has 6 nitrogen and oxygen atoms in total. The summed E-state index contributed by atoms with van der Waals surface area (Å²) in [6.45, 7) is 4.12. The van der Waals surface area contributed by atoms with Gasteiger partial charge in [-0.2, -0.15) is 15.0 Å². The van der Waals surface area contributed by atoms with E-state index in [9.17, 15) is 0 Å². The number of aromatic nitrogens is 3. The van der Waals surface area contributed by atoms with E-state index in [2.05, 4.69) is 25.2 Å². The zero-order valence-corrected chi connectivity index (χ0v) is 15.2. The molecule has 8 heteroatoms. The number of thioether (sulfide) groups is 1. The number of benzene rings is 1. The number of nitrogen functional groups attached to an aromatic ring is 1. The summed E-state index contributed by atoms with van der Waals surface area (Å²) in [4.78, 5) is 15.1. The van der Waals surface area contributed by atoms with Crippen molar-refractivity contribution in [1.82, 2.24) is 19.9 Å². The van der Waals surface area contributed by atoms with Crippen LogP contribution in [0.2, 0.25) is 0 Å². The lowest BCUT2D eigenvalue weighted by molar-refractivity contribution is 0.539. The van der Waals surface area contributed by atoms with Gasteiger partial charge < -0.3 is 16.0 Å². The third-order valence-corrected chi connectivity index (χ3v) is 5.30. The molecule has 0 atom stereocenters. The minimum Gasteiger partial charge on any atom is -0.368 e. The second-order valence-electron chi connectivity index (χ2n) is 5.62. The predicted molar refractivity (Wildman–Crippen MR) is 103 cm³/mol. The molecular weight excluding hydrogens is 340 g/mol. The summed E-state index contributed by atoms with van der Waals surface area (Å²) in [7, 11) is 0. The molecule has 24 heavy (non-hydrogen) atoms. The van der Waals surface area contributed by atoms with E-state index in [1.807, 2.05) is 31.2 Å². The molecule has 0 saturated carbocycles. The molecule has 0 bridgehead atoms. The van der Waals surface area contributed by atoms with Crippen molar-refractivity contribution in [1.29, 1.82) is 0 Å². The first-order valence-corrected chi connectivity index (χ1v) is 9.26. The van der Waals surface area contributed by atoms with Crippen LogP contribution in [0.3, 0.4) is 0 Å². The Balaban J connectivity index is 1.67. The average molecular weight is 361 g/mol. The van der Waals surface area contributed by atoms with E-state index in [0.29, 0.717) is 17.5 Å². The van der Waals surface area contributed by atoms with E-state index in [4.69, 9.17) is 18.0 Å². The summed E-state index contributed by atoms with van der Waals surface area (Å²) in [5.41, 5.74) is 7.89. The van der Waals surface area contributed by atoms with Crippen LogP contribution in [0.5, 0.6) is 0 Å². The van der Waals surface area contributed by atoms with Crippen molar-refractivity contribution in [3.8, 4) is 0 Å². The molecule has 2 heterocycles. The molecule has 0 radical (unpaired) electrons. The van der Waals surface area contributed by atoms with Gasteiger partial charge in [-0.05, 0) is 31.4 Å². The second kappa shape index (κ2) is 7.76. The Hall–Kier alpha value is -1.93. The van der Waals surface area contributed by atoms with E-state index in [-0.39, 0.29) is 5.95 Å². The van der Waals surface area contributed by atoms with E-state index in [1.165, 1.54) is 12.8 Å². The molecule has 1 aliphatic rings. The van der Waals surface area contributed by atoms with Crippen molar-refractivity contribution >= 4 is 45.9 Å². The highest BCUT2D eigenvalue weighted by Crippen LogP contribution is 2.21. The number of likely N-dealkylation sites (tertiary alicyclic amines) is 1. The highest BCUT2D eigenvalue weighted by atomic mass is 32.2. The van der Waals surface area contributed by atoms with Gasteiger partial charge in [-0.1, -0.05) is 42.2 Å². The fourth-order valence-electron chi connectivity index (χ4n) is 2.51. The van der Waals surface area contributed by atoms with Gasteiger partial charge in [0, 0.05) is 18.8 Å².